The summed E-state index contributed by atoms with van der Waals surface area (Å²) in [6.45, 7) is 1.29. The number of carbonyl (C=O) groups excluding carboxylic acids is 1. The highest BCUT2D eigenvalue weighted by Gasteiger charge is 2.26. The van der Waals surface area contributed by atoms with Gasteiger partial charge < -0.3 is 18.9 Å². The zero-order valence-electron chi connectivity index (χ0n) is 18.0. The third kappa shape index (κ3) is 5.42. The SMILES string of the molecule is O=C(/C=C/c1ccc(S(=O)(=O)N2CCOCC2)cc1)OCc1cc([N+](=O)[O-])cc2c1OCOC2. The molecule has 11 nitrogen and oxygen atoms in total. The molecule has 2 aliphatic rings. The van der Waals surface area contributed by atoms with Crippen LogP contribution in [0.25, 0.3) is 6.08 Å². The van der Waals surface area contributed by atoms with E-state index in [0.717, 1.165) is 0 Å². The lowest BCUT2D eigenvalue weighted by molar-refractivity contribution is -0.385. The fourth-order valence-electron chi connectivity index (χ4n) is 3.54. The van der Waals surface area contributed by atoms with Gasteiger partial charge in [0.2, 0.25) is 10.0 Å². The lowest BCUT2D eigenvalue weighted by Gasteiger charge is -2.26. The number of sulfonamides is 1. The maximum atomic E-state index is 12.7. The Kier molecular flexibility index (Phi) is 7.22. The highest BCUT2D eigenvalue weighted by Crippen LogP contribution is 2.33. The zero-order valence-corrected chi connectivity index (χ0v) is 18.9. The molecule has 0 aromatic heterocycles. The molecule has 0 atom stereocenters. The molecule has 1 fully saturated rings. The molecule has 1 saturated heterocycles. The summed E-state index contributed by atoms with van der Waals surface area (Å²) in [6, 6.07) is 8.79. The van der Waals surface area contributed by atoms with Gasteiger partial charge in [0.1, 0.15) is 12.4 Å². The lowest BCUT2D eigenvalue weighted by atomic mass is 10.1. The number of hydrogen-bond acceptors (Lipinski definition) is 9. The van der Waals surface area contributed by atoms with Gasteiger partial charge in [0.05, 0.1) is 29.6 Å². The van der Waals surface area contributed by atoms with Crippen LogP contribution in [0.15, 0.2) is 47.4 Å². The number of nitro groups is 1. The van der Waals surface area contributed by atoms with E-state index in [1.807, 2.05) is 0 Å². The van der Waals surface area contributed by atoms with Crippen molar-refractivity contribution in [2.75, 3.05) is 33.1 Å². The number of ether oxygens (including phenoxy) is 4. The van der Waals surface area contributed by atoms with Gasteiger partial charge in [0, 0.05) is 42.4 Å². The van der Waals surface area contributed by atoms with Gasteiger partial charge in [-0.2, -0.15) is 4.31 Å². The molecule has 180 valence electrons. The molecule has 2 aromatic carbocycles. The molecule has 0 saturated carbocycles. The molecule has 4 rings (SSSR count). The van der Waals surface area contributed by atoms with E-state index in [9.17, 15) is 23.3 Å². The third-order valence-electron chi connectivity index (χ3n) is 5.25. The van der Waals surface area contributed by atoms with Crippen LogP contribution in [0.3, 0.4) is 0 Å². The Hall–Kier alpha value is -3.32. The number of fused-ring (bicyclic) bond motifs is 1. The van der Waals surface area contributed by atoms with Gasteiger partial charge in [-0.3, -0.25) is 10.1 Å². The van der Waals surface area contributed by atoms with Crippen LogP contribution < -0.4 is 4.74 Å². The molecule has 34 heavy (non-hydrogen) atoms. The Morgan fingerprint density at radius 2 is 1.88 bits per heavy atom. The Labute approximate surface area is 195 Å². The van der Waals surface area contributed by atoms with E-state index in [2.05, 4.69) is 0 Å². The van der Waals surface area contributed by atoms with Crippen molar-refractivity contribution < 1.29 is 37.1 Å². The number of esters is 1. The van der Waals surface area contributed by atoms with Crippen molar-refractivity contribution >= 4 is 27.8 Å². The van der Waals surface area contributed by atoms with E-state index in [-0.39, 0.29) is 30.6 Å². The minimum Gasteiger partial charge on any atom is -0.467 e. The van der Waals surface area contributed by atoms with Gasteiger partial charge in [-0.15, -0.1) is 0 Å². The van der Waals surface area contributed by atoms with Crippen LogP contribution in [-0.4, -0.2) is 56.7 Å². The van der Waals surface area contributed by atoms with E-state index in [0.29, 0.717) is 48.7 Å². The standard InChI is InChI=1S/C22H22N2O9S/c25-21(32-14-18-12-19(24(26)27)11-17-13-31-15-33-22(17)18)6-3-16-1-4-20(5-2-16)34(28,29)23-7-9-30-10-8-23/h1-6,11-12H,7-10,13-15H2/b6-3+. The largest absolute Gasteiger partial charge is 0.467 e. The minimum absolute atomic E-state index is 0.00289. The van der Waals surface area contributed by atoms with Crippen molar-refractivity contribution in [2.45, 2.75) is 18.1 Å². The van der Waals surface area contributed by atoms with Gasteiger partial charge in [-0.05, 0) is 23.8 Å². The van der Waals surface area contributed by atoms with E-state index in [1.165, 1.54) is 40.7 Å². The molecular weight excluding hydrogens is 468 g/mol. The Balaban J connectivity index is 1.39. The summed E-state index contributed by atoms with van der Waals surface area (Å²) in [7, 11) is -3.60. The Bertz CT molecular complexity index is 1200. The molecule has 0 N–H and O–H groups in total. The maximum Gasteiger partial charge on any atom is 0.331 e. The number of carbonyl (C=O) groups is 1. The van der Waals surface area contributed by atoms with E-state index in [4.69, 9.17) is 18.9 Å². The van der Waals surface area contributed by atoms with Crippen molar-refractivity contribution in [2.24, 2.45) is 0 Å². The van der Waals surface area contributed by atoms with Crippen LogP contribution in [0.1, 0.15) is 16.7 Å². The summed E-state index contributed by atoms with van der Waals surface area (Å²) in [4.78, 5) is 23.0. The van der Waals surface area contributed by atoms with Gasteiger partial charge in [-0.25, -0.2) is 13.2 Å². The van der Waals surface area contributed by atoms with Crippen LogP contribution in [0.2, 0.25) is 0 Å². The highest BCUT2D eigenvalue weighted by molar-refractivity contribution is 7.89. The molecular formula is C22H22N2O9S. The van der Waals surface area contributed by atoms with Gasteiger partial charge >= 0.3 is 5.97 Å². The van der Waals surface area contributed by atoms with Gasteiger partial charge in [-0.1, -0.05) is 12.1 Å². The quantitative estimate of drug-likeness (QED) is 0.248. The summed E-state index contributed by atoms with van der Waals surface area (Å²) in [5.41, 5.74) is 1.33. The smallest absolute Gasteiger partial charge is 0.331 e. The predicted molar refractivity (Wildman–Crippen MR) is 118 cm³/mol. The maximum absolute atomic E-state index is 12.7. The second-order valence-electron chi connectivity index (χ2n) is 7.49. The van der Waals surface area contributed by atoms with E-state index in [1.54, 1.807) is 12.1 Å². The Morgan fingerprint density at radius 3 is 2.59 bits per heavy atom. The molecule has 0 amide bonds. The van der Waals surface area contributed by atoms with Crippen molar-refractivity contribution in [1.29, 1.82) is 0 Å². The topological polar surface area (TPSA) is 135 Å². The number of rotatable bonds is 7. The van der Waals surface area contributed by atoms with Crippen molar-refractivity contribution in [3.63, 3.8) is 0 Å². The first-order chi connectivity index (χ1) is 16.3. The summed E-state index contributed by atoms with van der Waals surface area (Å²) in [5.74, 6) is -0.261. The van der Waals surface area contributed by atoms with Crippen molar-refractivity contribution in [3.8, 4) is 5.75 Å². The second-order valence-corrected chi connectivity index (χ2v) is 9.43. The molecule has 12 heteroatoms. The molecule has 2 aromatic rings. The van der Waals surface area contributed by atoms with Crippen LogP contribution in [0.5, 0.6) is 5.75 Å². The lowest BCUT2D eigenvalue weighted by Crippen LogP contribution is -2.40. The van der Waals surface area contributed by atoms with Gasteiger partial charge in [0.25, 0.3) is 5.69 Å². The molecule has 0 bridgehead atoms. The van der Waals surface area contributed by atoms with Crippen LogP contribution >= 0.6 is 0 Å². The van der Waals surface area contributed by atoms with Crippen LogP contribution in [0, 0.1) is 10.1 Å². The number of nitro benzene ring substituents is 1. The average Bonchev–Trinajstić information content (AvgIpc) is 2.86. The van der Waals surface area contributed by atoms with Crippen LogP contribution in [-0.2, 0) is 42.2 Å². The normalized spacial score (nSPS) is 16.6. The summed E-state index contributed by atoms with van der Waals surface area (Å²) in [5, 5.41) is 11.2. The fourth-order valence-corrected chi connectivity index (χ4v) is 4.95. The zero-order chi connectivity index (χ0) is 24.1. The number of benzene rings is 2. The van der Waals surface area contributed by atoms with E-state index < -0.39 is 20.9 Å². The highest BCUT2D eigenvalue weighted by atomic mass is 32.2. The second kappa shape index (κ2) is 10.3. The number of hydrogen-bond donors (Lipinski definition) is 0. The summed E-state index contributed by atoms with van der Waals surface area (Å²) in [6.07, 6.45) is 2.68. The number of morpholine rings is 1. The Morgan fingerprint density at radius 1 is 1.15 bits per heavy atom. The summed E-state index contributed by atoms with van der Waals surface area (Å²) >= 11 is 0. The first-order valence-electron chi connectivity index (χ1n) is 10.4. The van der Waals surface area contributed by atoms with E-state index >= 15 is 0 Å². The average molecular weight is 490 g/mol. The molecule has 2 aliphatic heterocycles. The number of nitrogens with zero attached hydrogens (tertiary/aromatic N) is 2. The molecule has 0 spiro atoms. The molecule has 2 heterocycles. The molecule has 0 aliphatic carbocycles. The first kappa shape index (κ1) is 23.8. The number of non-ortho nitro benzene ring substituents is 1. The monoisotopic (exact) mass is 490 g/mol. The predicted octanol–water partition coefficient (Wildman–Crippen LogP) is 2.24. The minimum atomic E-state index is -3.60. The first-order valence-corrected chi connectivity index (χ1v) is 11.8. The molecule has 0 unspecified atom stereocenters. The molecule has 0 radical (unpaired) electrons. The fraction of sp³-hybridized carbons (Fsp3) is 0.318. The van der Waals surface area contributed by atoms with Crippen LogP contribution in [0.4, 0.5) is 5.69 Å². The van der Waals surface area contributed by atoms with Crippen molar-refractivity contribution in [1.82, 2.24) is 4.31 Å². The van der Waals surface area contributed by atoms with Crippen molar-refractivity contribution in [3.05, 3.63) is 69.3 Å². The third-order valence-corrected chi connectivity index (χ3v) is 7.17. The summed E-state index contributed by atoms with van der Waals surface area (Å²) < 4.78 is 47.7. The van der Waals surface area contributed by atoms with Gasteiger partial charge in [0.15, 0.2) is 6.79 Å².